The largest absolute Gasteiger partial charge is 0.319 e. The molecule has 0 spiro atoms. The van der Waals surface area contributed by atoms with Gasteiger partial charge in [0, 0.05) is 41.8 Å². The van der Waals surface area contributed by atoms with E-state index in [0.29, 0.717) is 35.7 Å². The molecule has 1 fully saturated rings. The van der Waals surface area contributed by atoms with Crippen LogP contribution in [0.3, 0.4) is 0 Å². The molecular formula is C34H33FN6O3S. The van der Waals surface area contributed by atoms with E-state index in [1.165, 1.54) is 24.5 Å². The molecule has 1 saturated heterocycles. The van der Waals surface area contributed by atoms with Crippen molar-refractivity contribution in [3.63, 3.8) is 0 Å². The van der Waals surface area contributed by atoms with E-state index in [4.69, 9.17) is 4.99 Å². The minimum Gasteiger partial charge on any atom is -0.319 e. The molecule has 0 radical (unpaired) electrons. The molecule has 9 nitrogen and oxygen atoms in total. The van der Waals surface area contributed by atoms with Gasteiger partial charge in [0.15, 0.2) is 5.82 Å². The number of fused-ring (bicyclic) bond motifs is 1. The number of benzene rings is 2. The highest BCUT2D eigenvalue weighted by Gasteiger charge is 2.23. The lowest BCUT2D eigenvalue weighted by Crippen LogP contribution is -2.47. The Kier molecular flexibility index (Phi) is 8.55. The zero-order valence-electron chi connectivity index (χ0n) is 25.3. The highest BCUT2D eigenvalue weighted by molar-refractivity contribution is 7.20. The van der Waals surface area contributed by atoms with Gasteiger partial charge in [0.1, 0.15) is 5.69 Å². The van der Waals surface area contributed by atoms with Gasteiger partial charge in [-0.1, -0.05) is 37.3 Å². The van der Waals surface area contributed by atoms with Gasteiger partial charge in [-0.25, -0.2) is 14.1 Å². The smallest absolute Gasteiger partial charge is 0.292 e. The lowest BCUT2D eigenvalue weighted by molar-refractivity contribution is -0.129. The third kappa shape index (κ3) is 6.27. The van der Waals surface area contributed by atoms with Crippen molar-refractivity contribution >= 4 is 50.3 Å². The van der Waals surface area contributed by atoms with Gasteiger partial charge in [0.2, 0.25) is 5.91 Å². The molecule has 1 aliphatic carbocycles. The molecule has 1 unspecified atom stereocenters. The first-order valence-corrected chi connectivity index (χ1v) is 15.7. The summed E-state index contributed by atoms with van der Waals surface area (Å²) in [6.07, 6.45) is 7.20. The number of aliphatic imine (C=N–C) groups is 1. The second-order valence-electron chi connectivity index (χ2n) is 11.2. The second-order valence-corrected chi connectivity index (χ2v) is 12.3. The number of aromatic nitrogens is 2. The third-order valence-electron chi connectivity index (χ3n) is 8.07. The minimum absolute atomic E-state index is 0.0135. The summed E-state index contributed by atoms with van der Waals surface area (Å²) in [4.78, 5) is 45.8. The summed E-state index contributed by atoms with van der Waals surface area (Å²) in [7, 11) is 1.50. The molecule has 2 aromatic carbocycles. The first-order chi connectivity index (χ1) is 21.7. The average molecular weight is 625 g/mol. The van der Waals surface area contributed by atoms with E-state index in [9.17, 15) is 14.4 Å². The number of nitrogens with one attached hydrogen (secondary N) is 2. The fourth-order valence-electron chi connectivity index (χ4n) is 5.53. The molecule has 45 heavy (non-hydrogen) atoms. The van der Waals surface area contributed by atoms with Gasteiger partial charge in [-0.3, -0.25) is 14.4 Å². The van der Waals surface area contributed by atoms with Crippen LogP contribution < -0.4 is 16.2 Å². The van der Waals surface area contributed by atoms with E-state index in [0.717, 1.165) is 33.4 Å². The Morgan fingerprint density at radius 2 is 2.00 bits per heavy atom. The van der Waals surface area contributed by atoms with Crippen molar-refractivity contribution in [1.82, 2.24) is 20.0 Å². The summed E-state index contributed by atoms with van der Waals surface area (Å²) in [6, 6.07) is 14.2. The lowest BCUT2D eigenvalue weighted by Gasteiger charge is -2.28. The molecular weight excluding hydrogens is 591 g/mol. The Morgan fingerprint density at radius 3 is 2.78 bits per heavy atom. The number of carbonyl (C=O) groups is 2. The number of rotatable bonds is 6. The molecule has 11 heteroatoms. The fraction of sp³-hybridized carbons (Fsp3) is 0.265. The number of carbonyl (C=O) groups excluding carboxylic acids is 2. The molecule has 1 aliphatic heterocycles. The molecule has 0 saturated carbocycles. The number of anilines is 1. The first-order valence-electron chi connectivity index (χ1n) is 14.9. The van der Waals surface area contributed by atoms with Crippen LogP contribution in [0, 0.1) is 18.7 Å². The van der Waals surface area contributed by atoms with Crippen LogP contribution in [0.4, 0.5) is 15.8 Å². The molecule has 2 aliphatic rings. The number of hydrogen-bond acceptors (Lipinski definition) is 7. The molecule has 2 amide bonds. The number of thiophene rings is 1. The van der Waals surface area contributed by atoms with Crippen LogP contribution in [-0.2, 0) is 11.8 Å². The van der Waals surface area contributed by atoms with Crippen LogP contribution in [0.15, 0.2) is 82.2 Å². The Morgan fingerprint density at radius 1 is 1.18 bits per heavy atom. The first kappa shape index (κ1) is 30.3. The van der Waals surface area contributed by atoms with Crippen LogP contribution in [0.2, 0.25) is 0 Å². The van der Waals surface area contributed by atoms with Crippen LogP contribution >= 0.6 is 11.3 Å². The third-order valence-corrected chi connectivity index (χ3v) is 9.19. The van der Waals surface area contributed by atoms with Gasteiger partial charge in [0.05, 0.1) is 22.8 Å². The summed E-state index contributed by atoms with van der Waals surface area (Å²) < 4.78 is 18.2. The van der Waals surface area contributed by atoms with E-state index in [1.54, 1.807) is 30.0 Å². The molecule has 1 atom stereocenters. The maximum absolute atomic E-state index is 16.1. The van der Waals surface area contributed by atoms with Gasteiger partial charge in [0.25, 0.3) is 11.5 Å². The fourth-order valence-corrected chi connectivity index (χ4v) is 6.49. The van der Waals surface area contributed by atoms with Crippen LogP contribution in [0.25, 0.3) is 21.3 Å². The average Bonchev–Trinajstić information content (AvgIpc) is 3.37. The summed E-state index contributed by atoms with van der Waals surface area (Å²) in [5.74, 6) is -0.927. The standard InChI is InChI=1S/C34H33FN6O3S/c1-4-21-15-23(10-11-24(16-21)41-14-13-36-19-30(41)42)37-27-18-26(39-40(3)34(27)44)25-12-9-20(2)32(31(25)35)38-33(43)29-17-22-7-5-6-8-28(22)45-29/h5-12,16-18,21,36H,4,13-15,19H2,1-3H3,(H,38,43). The zero-order chi connectivity index (χ0) is 31.7. The van der Waals surface area contributed by atoms with Crippen molar-refractivity contribution in [3.8, 4) is 11.3 Å². The molecule has 2 aromatic heterocycles. The number of nitrogens with zero attached hydrogens (tertiary/aromatic N) is 4. The molecule has 4 aromatic rings. The predicted octanol–water partition coefficient (Wildman–Crippen LogP) is 5.74. The summed E-state index contributed by atoms with van der Waals surface area (Å²) in [6.45, 7) is 5.39. The van der Waals surface area contributed by atoms with Crippen molar-refractivity contribution in [2.24, 2.45) is 18.0 Å². The van der Waals surface area contributed by atoms with Gasteiger partial charge >= 0.3 is 0 Å². The maximum atomic E-state index is 16.1. The van der Waals surface area contributed by atoms with Crippen molar-refractivity contribution in [1.29, 1.82) is 0 Å². The van der Waals surface area contributed by atoms with E-state index in [2.05, 4.69) is 28.7 Å². The van der Waals surface area contributed by atoms with E-state index in [1.807, 2.05) is 36.4 Å². The summed E-state index contributed by atoms with van der Waals surface area (Å²) in [5.41, 5.74) is 2.14. The Labute approximate surface area is 263 Å². The van der Waals surface area contributed by atoms with E-state index >= 15 is 4.39 Å². The molecule has 3 heterocycles. The van der Waals surface area contributed by atoms with Gasteiger partial charge in [-0.15, -0.1) is 11.3 Å². The number of aryl methyl sites for hydroxylation is 2. The van der Waals surface area contributed by atoms with Gasteiger partial charge in [-0.2, -0.15) is 5.10 Å². The number of allylic oxidation sites excluding steroid dienone is 3. The van der Waals surface area contributed by atoms with E-state index < -0.39 is 17.3 Å². The predicted molar refractivity (Wildman–Crippen MR) is 177 cm³/mol. The quantitative estimate of drug-likeness (QED) is 0.285. The SMILES string of the molecule is CCC1C=C(N2CCNCC2=O)C=CC(=Nc2cc(-c3ccc(C)c(NC(=O)c4cc5ccccc5s4)c3F)nn(C)c2=O)C1. The Bertz CT molecular complexity index is 1940. The maximum Gasteiger partial charge on any atom is 0.292 e. The lowest BCUT2D eigenvalue weighted by atomic mass is 9.99. The Balaban J connectivity index is 1.32. The zero-order valence-corrected chi connectivity index (χ0v) is 26.1. The minimum atomic E-state index is -0.649. The topological polar surface area (TPSA) is 109 Å². The normalized spacial score (nSPS) is 17.9. The number of amides is 2. The highest BCUT2D eigenvalue weighted by Crippen LogP contribution is 2.32. The molecule has 6 rings (SSSR count). The van der Waals surface area contributed by atoms with Crippen LogP contribution in [0.5, 0.6) is 0 Å². The Hall–Kier alpha value is -4.74. The summed E-state index contributed by atoms with van der Waals surface area (Å²) in [5, 5.41) is 11.1. The highest BCUT2D eigenvalue weighted by atomic mass is 32.1. The number of hydrogen-bond donors (Lipinski definition) is 2. The van der Waals surface area contributed by atoms with Crippen molar-refractivity contribution in [2.45, 2.75) is 26.7 Å². The molecule has 2 N–H and O–H groups in total. The second kappa shape index (κ2) is 12.7. The monoisotopic (exact) mass is 624 g/mol. The van der Waals surface area contributed by atoms with Crippen LogP contribution in [-0.4, -0.2) is 51.8 Å². The van der Waals surface area contributed by atoms with Crippen molar-refractivity contribution in [3.05, 3.63) is 99.1 Å². The summed E-state index contributed by atoms with van der Waals surface area (Å²) >= 11 is 1.34. The number of piperazine rings is 1. The molecule has 0 bridgehead atoms. The van der Waals surface area contributed by atoms with Gasteiger partial charge in [-0.05, 0) is 73.1 Å². The number of halogens is 1. The molecule has 230 valence electrons. The van der Waals surface area contributed by atoms with Crippen molar-refractivity contribution in [2.75, 3.05) is 25.0 Å². The van der Waals surface area contributed by atoms with Crippen LogP contribution in [0.1, 0.15) is 35.0 Å². The van der Waals surface area contributed by atoms with E-state index in [-0.39, 0.29) is 34.5 Å². The van der Waals surface area contributed by atoms with Gasteiger partial charge < -0.3 is 15.5 Å². The van der Waals surface area contributed by atoms with Crippen molar-refractivity contribution < 1.29 is 14.0 Å².